The van der Waals surface area contributed by atoms with Crippen LogP contribution in [0.1, 0.15) is 45.2 Å². The fourth-order valence-corrected chi connectivity index (χ4v) is 3.33. The normalized spacial score (nSPS) is 24.1. The lowest BCUT2D eigenvalue weighted by Gasteiger charge is -2.31. The average molecular weight is 292 g/mol. The summed E-state index contributed by atoms with van der Waals surface area (Å²) in [5, 5.41) is 3.38. The number of hydrogen-bond acceptors (Lipinski definition) is 5. The van der Waals surface area contributed by atoms with Crippen molar-refractivity contribution in [2.75, 3.05) is 31.1 Å². The molecule has 0 aromatic carbocycles. The van der Waals surface area contributed by atoms with Crippen LogP contribution in [-0.4, -0.2) is 48.1 Å². The van der Waals surface area contributed by atoms with E-state index in [1.807, 2.05) is 0 Å². The molecular weight excluding hydrogens is 264 g/mol. The summed E-state index contributed by atoms with van der Waals surface area (Å²) >= 11 is 0. The number of aromatic nitrogens is 1. The SMILES string of the molecule is CC(C)NCc1coc(N2CCC(N3CCCCC3)C2)n1. The molecule has 0 spiro atoms. The Kier molecular flexibility index (Phi) is 4.80. The first-order valence-corrected chi connectivity index (χ1v) is 8.39. The molecule has 0 aliphatic carbocycles. The topological polar surface area (TPSA) is 44.5 Å². The zero-order chi connectivity index (χ0) is 14.7. The lowest BCUT2D eigenvalue weighted by molar-refractivity contribution is 0.174. The number of likely N-dealkylation sites (tertiary alicyclic amines) is 1. The number of nitrogens with one attached hydrogen (secondary N) is 1. The van der Waals surface area contributed by atoms with Crippen LogP contribution >= 0.6 is 0 Å². The molecule has 118 valence electrons. The van der Waals surface area contributed by atoms with Crippen LogP contribution in [0.2, 0.25) is 0 Å². The Bertz CT molecular complexity index is 439. The molecule has 1 unspecified atom stereocenters. The minimum Gasteiger partial charge on any atom is -0.432 e. The molecule has 0 radical (unpaired) electrons. The maximum atomic E-state index is 5.67. The quantitative estimate of drug-likeness (QED) is 0.901. The van der Waals surface area contributed by atoms with Crippen molar-refractivity contribution >= 4 is 6.01 Å². The van der Waals surface area contributed by atoms with E-state index in [1.165, 1.54) is 38.8 Å². The Morgan fingerprint density at radius 1 is 1.29 bits per heavy atom. The van der Waals surface area contributed by atoms with Gasteiger partial charge in [-0.15, -0.1) is 0 Å². The highest BCUT2D eigenvalue weighted by molar-refractivity contribution is 5.29. The summed E-state index contributed by atoms with van der Waals surface area (Å²) < 4.78 is 5.67. The lowest BCUT2D eigenvalue weighted by atomic mass is 10.1. The molecule has 2 aliphatic rings. The Labute approximate surface area is 127 Å². The van der Waals surface area contributed by atoms with Crippen molar-refractivity contribution in [1.82, 2.24) is 15.2 Å². The highest BCUT2D eigenvalue weighted by atomic mass is 16.4. The first-order valence-electron chi connectivity index (χ1n) is 8.39. The third kappa shape index (κ3) is 3.77. The summed E-state index contributed by atoms with van der Waals surface area (Å²) in [5.74, 6) is 0. The number of oxazole rings is 1. The Morgan fingerprint density at radius 3 is 2.86 bits per heavy atom. The zero-order valence-electron chi connectivity index (χ0n) is 13.3. The molecule has 1 atom stereocenters. The minimum absolute atomic E-state index is 0.473. The molecule has 0 amide bonds. The summed E-state index contributed by atoms with van der Waals surface area (Å²) in [5.41, 5.74) is 1.00. The van der Waals surface area contributed by atoms with E-state index in [9.17, 15) is 0 Å². The third-order valence-electron chi connectivity index (χ3n) is 4.57. The predicted octanol–water partition coefficient (Wildman–Crippen LogP) is 2.24. The maximum absolute atomic E-state index is 5.67. The Morgan fingerprint density at radius 2 is 2.10 bits per heavy atom. The van der Waals surface area contributed by atoms with Gasteiger partial charge in [-0.2, -0.15) is 4.98 Å². The van der Waals surface area contributed by atoms with Crippen molar-refractivity contribution in [3.8, 4) is 0 Å². The number of anilines is 1. The predicted molar refractivity (Wildman–Crippen MR) is 84.5 cm³/mol. The summed E-state index contributed by atoms with van der Waals surface area (Å²) in [6, 6.07) is 1.96. The van der Waals surface area contributed by atoms with E-state index in [-0.39, 0.29) is 0 Å². The van der Waals surface area contributed by atoms with Crippen molar-refractivity contribution in [3.05, 3.63) is 12.0 Å². The second-order valence-electron chi connectivity index (χ2n) is 6.64. The smallest absolute Gasteiger partial charge is 0.297 e. The lowest BCUT2D eigenvalue weighted by Crippen LogP contribution is -2.40. The van der Waals surface area contributed by atoms with E-state index in [4.69, 9.17) is 4.42 Å². The van der Waals surface area contributed by atoms with Crippen molar-refractivity contribution in [1.29, 1.82) is 0 Å². The molecule has 21 heavy (non-hydrogen) atoms. The molecule has 0 saturated carbocycles. The van der Waals surface area contributed by atoms with Crippen LogP contribution in [-0.2, 0) is 6.54 Å². The Balaban J connectivity index is 1.53. The molecule has 1 N–H and O–H groups in total. The zero-order valence-corrected chi connectivity index (χ0v) is 13.3. The maximum Gasteiger partial charge on any atom is 0.297 e. The van der Waals surface area contributed by atoms with E-state index >= 15 is 0 Å². The molecular formula is C16H28N4O. The van der Waals surface area contributed by atoms with Crippen molar-refractivity contribution in [2.45, 2.75) is 58.2 Å². The van der Waals surface area contributed by atoms with Crippen molar-refractivity contribution < 1.29 is 4.42 Å². The first kappa shape index (κ1) is 14.9. The second-order valence-corrected chi connectivity index (χ2v) is 6.64. The van der Waals surface area contributed by atoms with Crippen LogP contribution in [0.25, 0.3) is 0 Å². The van der Waals surface area contributed by atoms with E-state index in [0.717, 1.165) is 31.3 Å². The van der Waals surface area contributed by atoms with Crippen LogP contribution in [0, 0.1) is 0 Å². The van der Waals surface area contributed by atoms with Gasteiger partial charge in [0.15, 0.2) is 0 Å². The molecule has 5 heteroatoms. The molecule has 2 fully saturated rings. The molecule has 2 saturated heterocycles. The minimum atomic E-state index is 0.473. The Hall–Kier alpha value is -1.07. The molecule has 2 aliphatic heterocycles. The molecule has 5 nitrogen and oxygen atoms in total. The number of nitrogens with zero attached hydrogens (tertiary/aromatic N) is 3. The van der Waals surface area contributed by atoms with Crippen LogP contribution < -0.4 is 10.2 Å². The van der Waals surface area contributed by atoms with Gasteiger partial charge >= 0.3 is 0 Å². The summed E-state index contributed by atoms with van der Waals surface area (Å²) in [4.78, 5) is 9.59. The third-order valence-corrected chi connectivity index (χ3v) is 4.57. The van der Waals surface area contributed by atoms with Crippen LogP contribution in [0.3, 0.4) is 0 Å². The fraction of sp³-hybridized carbons (Fsp3) is 0.812. The number of rotatable bonds is 5. The van der Waals surface area contributed by atoms with Crippen LogP contribution in [0.5, 0.6) is 0 Å². The van der Waals surface area contributed by atoms with Gasteiger partial charge in [0.25, 0.3) is 6.01 Å². The van der Waals surface area contributed by atoms with Gasteiger partial charge in [-0.25, -0.2) is 0 Å². The van der Waals surface area contributed by atoms with Gasteiger partial charge < -0.3 is 14.6 Å². The number of hydrogen-bond donors (Lipinski definition) is 1. The van der Waals surface area contributed by atoms with Crippen LogP contribution in [0.15, 0.2) is 10.7 Å². The summed E-state index contributed by atoms with van der Waals surface area (Å²) in [6.07, 6.45) is 7.15. The van der Waals surface area contributed by atoms with E-state index < -0.39 is 0 Å². The molecule has 3 rings (SSSR count). The summed E-state index contributed by atoms with van der Waals surface area (Å²) in [7, 11) is 0. The van der Waals surface area contributed by atoms with Gasteiger partial charge in [0.1, 0.15) is 6.26 Å². The van der Waals surface area contributed by atoms with Crippen molar-refractivity contribution in [3.63, 3.8) is 0 Å². The second kappa shape index (κ2) is 6.79. The molecule has 1 aromatic heterocycles. The monoisotopic (exact) mass is 292 g/mol. The van der Waals surface area contributed by atoms with E-state index in [1.54, 1.807) is 6.26 Å². The van der Waals surface area contributed by atoms with Gasteiger partial charge in [-0.05, 0) is 32.4 Å². The molecule has 1 aromatic rings. The summed E-state index contributed by atoms with van der Waals surface area (Å²) in [6.45, 7) is 9.75. The average Bonchev–Trinajstić information content (AvgIpc) is 3.15. The van der Waals surface area contributed by atoms with Crippen LogP contribution in [0.4, 0.5) is 6.01 Å². The van der Waals surface area contributed by atoms with Crippen molar-refractivity contribution in [2.24, 2.45) is 0 Å². The van der Waals surface area contributed by atoms with Gasteiger partial charge in [0.05, 0.1) is 5.69 Å². The standard InChI is InChI=1S/C16H28N4O/c1-13(2)17-10-14-12-21-16(18-14)20-9-6-15(11-20)19-7-4-3-5-8-19/h12-13,15,17H,3-11H2,1-2H3. The fourth-order valence-electron chi connectivity index (χ4n) is 3.33. The van der Waals surface area contributed by atoms with Gasteiger partial charge in [-0.1, -0.05) is 20.3 Å². The van der Waals surface area contributed by atoms with Gasteiger partial charge in [0.2, 0.25) is 0 Å². The van der Waals surface area contributed by atoms with Gasteiger partial charge in [0, 0.05) is 31.7 Å². The van der Waals surface area contributed by atoms with Gasteiger partial charge in [-0.3, -0.25) is 4.90 Å². The molecule has 0 bridgehead atoms. The molecule has 3 heterocycles. The van der Waals surface area contributed by atoms with E-state index in [0.29, 0.717) is 12.1 Å². The van der Waals surface area contributed by atoms with E-state index in [2.05, 4.69) is 33.9 Å². The first-order chi connectivity index (χ1) is 10.2. The highest BCUT2D eigenvalue weighted by Gasteiger charge is 2.30. The number of piperidine rings is 1. The highest BCUT2D eigenvalue weighted by Crippen LogP contribution is 2.24. The largest absolute Gasteiger partial charge is 0.432 e.